The van der Waals surface area contributed by atoms with E-state index in [1.54, 1.807) is 36.4 Å². The highest BCUT2D eigenvalue weighted by molar-refractivity contribution is 6.09. The van der Waals surface area contributed by atoms with E-state index in [1.807, 2.05) is 0 Å². The third-order valence-corrected chi connectivity index (χ3v) is 3.27. The number of carbonyl (C=O) groups excluding carboxylic acids is 1. The maximum atomic E-state index is 12.5. The summed E-state index contributed by atoms with van der Waals surface area (Å²) in [6, 6.07) is 10.3. The van der Waals surface area contributed by atoms with Crippen molar-refractivity contribution in [2.45, 2.75) is 0 Å². The largest absolute Gasteiger partial charge is 0.454 e. The Labute approximate surface area is 114 Å². The smallest absolute Gasteiger partial charge is 0.231 e. The van der Waals surface area contributed by atoms with Crippen molar-refractivity contribution in [2.75, 3.05) is 13.6 Å². The van der Waals surface area contributed by atoms with Gasteiger partial charge in [-0.25, -0.2) is 0 Å². The van der Waals surface area contributed by atoms with E-state index in [4.69, 9.17) is 18.9 Å². The van der Waals surface area contributed by atoms with Crippen LogP contribution < -0.4 is 18.9 Å². The van der Waals surface area contributed by atoms with Gasteiger partial charge in [0.1, 0.15) is 0 Å². The van der Waals surface area contributed by atoms with Gasteiger partial charge in [0.15, 0.2) is 28.8 Å². The average Bonchev–Trinajstić information content (AvgIpc) is 3.13. The standard InChI is InChI=1S/C15H10O5/c16-15(9-1-3-11-13(5-9)19-7-17-11)10-2-4-12-14(6-10)20-8-18-12/h1-6H,7-8H2. The Morgan fingerprint density at radius 2 is 1.15 bits per heavy atom. The summed E-state index contributed by atoms with van der Waals surface area (Å²) < 4.78 is 21.0. The zero-order chi connectivity index (χ0) is 13.5. The van der Waals surface area contributed by atoms with Crippen LogP contribution in [0.15, 0.2) is 36.4 Å². The minimum atomic E-state index is -0.0957. The molecule has 20 heavy (non-hydrogen) atoms. The molecule has 0 bridgehead atoms. The van der Waals surface area contributed by atoms with Gasteiger partial charge in [-0.3, -0.25) is 4.79 Å². The summed E-state index contributed by atoms with van der Waals surface area (Å²) in [5.41, 5.74) is 1.10. The molecule has 5 nitrogen and oxygen atoms in total. The van der Waals surface area contributed by atoms with Crippen molar-refractivity contribution in [1.82, 2.24) is 0 Å². The maximum absolute atomic E-state index is 12.5. The van der Waals surface area contributed by atoms with Crippen LogP contribution in [-0.2, 0) is 0 Å². The lowest BCUT2D eigenvalue weighted by molar-refractivity contribution is 0.103. The summed E-state index contributed by atoms with van der Waals surface area (Å²) in [5.74, 6) is 2.41. The number of hydrogen-bond donors (Lipinski definition) is 0. The van der Waals surface area contributed by atoms with Crippen LogP contribution in [0.1, 0.15) is 15.9 Å². The van der Waals surface area contributed by atoms with E-state index in [9.17, 15) is 4.79 Å². The number of fused-ring (bicyclic) bond motifs is 2. The minimum absolute atomic E-state index is 0.0957. The Balaban J connectivity index is 1.70. The van der Waals surface area contributed by atoms with Gasteiger partial charge in [0, 0.05) is 11.1 Å². The topological polar surface area (TPSA) is 54.0 Å². The lowest BCUT2D eigenvalue weighted by Crippen LogP contribution is -2.01. The van der Waals surface area contributed by atoms with E-state index < -0.39 is 0 Å². The van der Waals surface area contributed by atoms with Gasteiger partial charge in [-0.05, 0) is 36.4 Å². The summed E-state index contributed by atoms with van der Waals surface area (Å²) in [6.45, 7) is 0.383. The third-order valence-electron chi connectivity index (χ3n) is 3.27. The Kier molecular flexibility index (Phi) is 2.32. The molecule has 0 saturated carbocycles. The molecule has 100 valence electrons. The van der Waals surface area contributed by atoms with Crippen LogP contribution in [-0.4, -0.2) is 19.4 Å². The van der Waals surface area contributed by atoms with Crippen molar-refractivity contribution < 1.29 is 23.7 Å². The van der Waals surface area contributed by atoms with Crippen molar-refractivity contribution in [3.63, 3.8) is 0 Å². The van der Waals surface area contributed by atoms with Crippen molar-refractivity contribution >= 4 is 5.78 Å². The molecular formula is C15H10O5. The average molecular weight is 270 g/mol. The van der Waals surface area contributed by atoms with E-state index in [0.717, 1.165) is 0 Å². The number of benzene rings is 2. The van der Waals surface area contributed by atoms with Gasteiger partial charge in [0.25, 0.3) is 0 Å². The Bertz CT molecular complexity index is 648. The fraction of sp³-hybridized carbons (Fsp3) is 0.133. The maximum Gasteiger partial charge on any atom is 0.231 e. The molecule has 4 rings (SSSR count). The number of ketones is 1. The van der Waals surface area contributed by atoms with Gasteiger partial charge in [0.2, 0.25) is 13.6 Å². The highest BCUT2D eigenvalue weighted by Gasteiger charge is 2.20. The minimum Gasteiger partial charge on any atom is -0.454 e. The Morgan fingerprint density at radius 3 is 1.65 bits per heavy atom. The summed E-state index contributed by atoms with van der Waals surface area (Å²) in [5, 5.41) is 0. The van der Waals surface area contributed by atoms with Crippen LogP contribution in [0.3, 0.4) is 0 Å². The highest BCUT2D eigenvalue weighted by Crippen LogP contribution is 2.35. The molecule has 0 saturated heterocycles. The first-order valence-corrected chi connectivity index (χ1v) is 6.15. The summed E-state index contributed by atoms with van der Waals surface area (Å²) in [6.07, 6.45) is 0. The molecule has 2 aliphatic heterocycles. The number of rotatable bonds is 2. The lowest BCUT2D eigenvalue weighted by Gasteiger charge is -2.04. The molecule has 0 unspecified atom stereocenters. The van der Waals surface area contributed by atoms with Crippen LogP contribution in [0, 0.1) is 0 Å². The van der Waals surface area contributed by atoms with E-state index in [-0.39, 0.29) is 19.4 Å². The molecule has 5 heteroatoms. The van der Waals surface area contributed by atoms with Crippen LogP contribution in [0.4, 0.5) is 0 Å². The van der Waals surface area contributed by atoms with Gasteiger partial charge < -0.3 is 18.9 Å². The van der Waals surface area contributed by atoms with E-state index in [0.29, 0.717) is 34.1 Å². The molecule has 0 amide bonds. The van der Waals surface area contributed by atoms with Gasteiger partial charge in [0.05, 0.1) is 0 Å². The van der Waals surface area contributed by atoms with Crippen LogP contribution in [0.2, 0.25) is 0 Å². The van der Waals surface area contributed by atoms with Crippen molar-refractivity contribution in [3.05, 3.63) is 47.5 Å². The van der Waals surface area contributed by atoms with E-state index >= 15 is 0 Å². The van der Waals surface area contributed by atoms with Gasteiger partial charge in [-0.15, -0.1) is 0 Å². The molecule has 0 fully saturated rings. The fourth-order valence-corrected chi connectivity index (χ4v) is 2.24. The number of carbonyl (C=O) groups is 1. The molecule has 0 radical (unpaired) electrons. The Hall–Kier alpha value is -2.69. The van der Waals surface area contributed by atoms with Crippen LogP contribution in [0.5, 0.6) is 23.0 Å². The molecule has 2 aliphatic rings. The van der Waals surface area contributed by atoms with E-state index in [1.165, 1.54) is 0 Å². The van der Waals surface area contributed by atoms with Crippen LogP contribution >= 0.6 is 0 Å². The summed E-state index contributed by atoms with van der Waals surface area (Å²) in [4.78, 5) is 12.5. The second-order valence-electron chi connectivity index (χ2n) is 4.47. The highest BCUT2D eigenvalue weighted by atomic mass is 16.7. The zero-order valence-corrected chi connectivity index (χ0v) is 10.4. The second-order valence-corrected chi connectivity index (χ2v) is 4.47. The van der Waals surface area contributed by atoms with Gasteiger partial charge in [-0.1, -0.05) is 0 Å². The molecule has 2 aromatic carbocycles. The predicted octanol–water partition coefficient (Wildman–Crippen LogP) is 2.38. The lowest BCUT2D eigenvalue weighted by atomic mass is 10.0. The first-order chi connectivity index (χ1) is 9.81. The first kappa shape index (κ1) is 11.2. The zero-order valence-electron chi connectivity index (χ0n) is 10.4. The van der Waals surface area contributed by atoms with Gasteiger partial charge >= 0.3 is 0 Å². The quantitative estimate of drug-likeness (QED) is 0.784. The van der Waals surface area contributed by atoms with Gasteiger partial charge in [-0.2, -0.15) is 0 Å². The molecule has 2 heterocycles. The van der Waals surface area contributed by atoms with Crippen LogP contribution in [0.25, 0.3) is 0 Å². The molecular weight excluding hydrogens is 260 g/mol. The molecule has 2 aromatic rings. The normalized spacial score (nSPS) is 14.4. The first-order valence-electron chi connectivity index (χ1n) is 6.15. The van der Waals surface area contributed by atoms with E-state index in [2.05, 4.69) is 0 Å². The van der Waals surface area contributed by atoms with Crippen molar-refractivity contribution in [2.24, 2.45) is 0 Å². The molecule has 0 spiro atoms. The molecule has 0 atom stereocenters. The number of hydrogen-bond acceptors (Lipinski definition) is 5. The van der Waals surface area contributed by atoms with Crippen molar-refractivity contribution in [1.29, 1.82) is 0 Å². The molecule has 0 aliphatic carbocycles. The summed E-state index contributed by atoms with van der Waals surface area (Å²) in [7, 11) is 0. The molecule has 0 N–H and O–H groups in total. The summed E-state index contributed by atoms with van der Waals surface area (Å²) >= 11 is 0. The number of ether oxygens (including phenoxy) is 4. The predicted molar refractivity (Wildman–Crippen MR) is 68.6 cm³/mol. The Morgan fingerprint density at radius 1 is 0.700 bits per heavy atom. The molecule has 0 aromatic heterocycles. The third kappa shape index (κ3) is 1.67. The monoisotopic (exact) mass is 270 g/mol. The SMILES string of the molecule is O=C(c1ccc2c(c1)OCO2)c1ccc2c(c1)OCO2. The fourth-order valence-electron chi connectivity index (χ4n) is 2.24. The second kappa shape index (κ2) is 4.16. The van der Waals surface area contributed by atoms with Crippen molar-refractivity contribution in [3.8, 4) is 23.0 Å².